The molecule has 2 N–H and O–H groups in total. The van der Waals surface area contributed by atoms with Crippen molar-refractivity contribution in [3.05, 3.63) is 58.6 Å². The summed E-state index contributed by atoms with van der Waals surface area (Å²) in [6.45, 7) is 5.83. The van der Waals surface area contributed by atoms with Gasteiger partial charge in [0.15, 0.2) is 9.84 Å². The molecule has 0 aliphatic carbocycles. The van der Waals surface area contributed by atoms with Gasteiger partial charge in [-0.25, -0.2) is 13.2 Å². The Morgan fingerprint density at radius 1 is 1.07 bits per heavy atom. The van der Waals surface area contributed by atoms with Gasteiger partial charge < -0.3 is 10.6 Å². The van der Waals surface area contributed by atoms with Gasteiger partial charge in [-0.15, -0.1) is 0 Å². The van der Waals surface area contributed by atoms with E-state index in [0.717, 1.165) is 17.4 Å². The fourth-order valence-electron chi connectivity index (χ4n) is 3.01. The van der Waals surface area contributed by atoms with Crippen molar-refractivity contribution in [3.8, 4) is 0 Å². The number of benzene rings is 2. The fourth-order valence-corrected chi connectivity index (χ4v) is 3.79. The van der Waals surface area contributed by atoms with E-state index in [2.05, 4.69) is 10.6 Å². The number of hydrogen-bond acceptors (Lipinski definition) is 3. The van der Waals surface area contributed by atoms with Crippen LogP contribution >= 0.6 is 11.6 Å². The number of urea groups is 1. The number of nitrogens with one attached hydrogen (secondary N) is 2. The van der Waals surface area contributed by atoms with E-state index < -0.39 is 15.4 Å². The van der Waals surface area contributed by atoms with Crippen LogP contribution in [0.1, 0.15) is 37.8 Å². The maximum Gasteiger partial charge on any atom is 0.319 e. The number of hydrogen-bond donors (Lipinski definition) is 2. The Morgan fingerprint density at radius 2 is 1.67 bits per heavy atom. The van der Waals surface area contributed by atoms with Crippen molar-refractivity contribution >= 4 is 33.2 Å². The molecular formula is C20H25ClN2O3S. The monoisotopic (exact) mass is 408 g/mol. The van der Waals surface area contributed by atoms with Gasteiger partial charge in [0, 0.05) is 17.0 Å². The van der Waals surface area contributed by atoms with Crippen molar-refractivity contribution in [2.45, 2.75) is 44.0 Å². The first kappa shape index (κ1) is 21.3. The lowest BCUT2D eigenvalue weighted by molar-refractivity contribution is 0.232. The molecule has 27 heavy (non-hydrogen) atoms. The van der Waals surface area contributed by atoms with Crippen molar-refractivity contribution in [3.63, 3.8) is 0 Å². The molecule has 2 aromatic carbocycles. The molecule has 2 amide bonds. The Morgan fingerprint density at radius 3 is 2.19 bits per heavy atom. The number of sulfone groups is 1. The highest BCUT2D eigenvalue weighted by Crippen LogP contribution is 2.30. The zero-order valence-corrected chi connectivity index (χ0v) is 17.5. The summed E-state index contributed by atoms with van der Waals surface area (Å²) >= 11 is 5.98. The summed E-state index contributed by atoms with van der Waals surface area (Å²) in [6.07, 6.45) is 2.53. The highest BCUT2D eigenvalue weighted by Gasteiger charge is 2.30. The standard InChI is InChI=1S/C20H25ClN2O3S/c1-5-20(6-2,15-8-10-16(21)11-9-15)23-19(24)22-18-13-17(27(4,25)26)12-7-14(18)3/h7-13H,5-6H2,1-4H3,(H2,22,23,24). The molecule has 7 heteroatoms. The molecule has 0 aliphatic heterocycles. The molecular weight excluding hydrogens is 384 g/mol. The largest absolute Gasteiger partial charge is 0.328 e. The number of carbonyl (C=O) groups excluding carboxylic acids is 1. The predicted molar refractivity (Wildman–Crippen MR) is 110 cm³/mol. The van der Waals surface area contributed by atoms with E-state index in [4.69, 9.17) is 11.6 Å². The van der Waals surface area contributed by atoms with Gasteiger partial charge in [-0.1, -0.05) is 43.6 Å². The molecule has 2 aromatic rings. The first-order valence-electron chi connectivity index (χ1n) is 8.77. The topological polar surface area (TPSA) is 75.3 Å². The Labute approximate surface area is 166 Å². The van der Waals surface area contributed by atoms with E-state index >= 15 is 0 Å². The first-order valence-corrected chi connectivity index (χ1v) is 11.0. The molecule has 0 bridgehead atoms. The van der Waals surface area contributed by atoms with Crippen LogP contribution in [0.3, 0.4) is 0 Å². The highest BCUT2D eigenvalue weighted by molar-refractivity contribution is 7.90. The van der Waals surface area contributed by atoms with E-state index in [1.54, 1.807) is 18.2 Å². The van der Waals surface area contributed by atoms with E-state index in [1.165, 1.54) is 12.1 Å². The Kier molecular flexibility index (Phi) is 6.54. The Hall–Kier alpha value is -2.05. The van der Waals surface area contributed by atoms with Crippen LogP contribution in [0.4, 0.5) is 10.5 Å². The average molecular weight is 409 g/mol. The van der Waals surface area contributed by atoms with Crippen LogP contribution in [0.25, 0.3) is 0 Å². The third-order valence-electron chi connectivity index (χ3n) is 4.84. The molecule has 0 radical (unpaired) electrons. The van der Waals surface area contributed by atoms with Gasteiger partial charge >= 0.3 is 6.03 Å². The fraction of sp³-hybridized carbons (Fsp3) is 0.350. The zero-order valence-electron chi connectivity index (χ0n) is 16.0. The van der Waals surface area contributed by atoms with Crippen molar-refractivity contribution in [1.82, 2.24) is 5.32 Å². The van der Waals surface area contributed by atoms with Crippen molar-refractivity contribution in [2.75, 3.05) is 11.6 Å². The number of halogens is 1. The molecule has 0 fully saturated rings. The smallest absolute Gasteiger partial charge is 0.319 e. The lowest BCUT2D eigenvalue weighted by Gasteiger charge is -2.33. The van der Waals surface area contributed by atoms with Crippen LogP contribution in [0.5, 0.6) is 0 Å². The predicted octanol–water partition coefficient (Wildman–Crippen LogP) is 4.89. The minimum atomic E-state index is -3.35. The van der Waals surface area contributed by atoms with E-state index in [-0.39, 0.29) is 10.9 Å². The maximum atomic E-state index is 12.7. The third kappa shape index (κ3) is 5.02. The lowest BCUT2D eigenvalue weighted by Crippen LogP contribution is -2.47. The summed E-state index contributed by atoms with van der Waals surface area (Å²) in [4.78, 5) is 12.9. The number of amides is 2. The second kappa shape index (κ2) is 8.31. The van der Waals surface area contributed by atoms with Gasteiger partial charge in [0.1, 0.15) is 0 Å². The van der Waals surface area contributed by atoms with Crippen molar-refractivity contribution in [1.29, 1.82) is 0 Å². The molecule has 0 saturated carbocycles. The van der Waals surface area contributed by atoms with Crippen molar-refractivity contribution in [2.24, 2.45) is 0 Å². The van der Waals surface area contributed by atoms with Gasteiger partial charge in [0.25, 0.3) is 0 Å². The summed E-state index contributed by atoms with van der Waals surface area (Å²) in [5, 5.41) is 6.48. The Bertz CT molecular complexity index is 921. The normalized spacial score (nSPS) is 11.9. The lowest BCUT2D eigenvalue weighted by atomic mass is 9.85. The molecule has 0 atom stereocenters. The summed E-state index contributed by atoms with van der Waals surface area (Å²) in [5.74, 6) is 0. The van der Waals surface area contributed by atoms with Gasteiger partial charge in [-0.3, -0.25) is 0 Å². The Balaban J connectivity index is 2.28. The zero-order chi connectivity index (χ0) is 20.2. The summed E-state index contributed by atoms with van der Waals surface area (Å²) in [6, 6.07) is 11.7. The van der Waals surface area contributed by atoms with E-state index in [9.17, 15) is 13.2 Å². The van der Waals surface area contributed by atoms with Gasteiger partial charge in [0.2, 0.25) is 0 Å². The minimum absolute atomic E-state index is 0.165. The molecule has 0 saturated heterocycles. The second-order valence-corrected chi connectivity index (χ2v) is 9.08. The molecule has 0 heterocycles. The third-order valence-corrected chi connectivity index (χ3v) is 6.20. The number of anilines is 1. The SMILES string of the molecule is CCC(CC)(NC(=O)Nc1cc(S(C)(=O)=O)ccc1C)c1ccc(Cl)cc1. The molecule has 146 valence electrons. The van der Waals surface area contributed by atoms with E-state index in [1.807, 2.05) is 32.9 Å². The van der Waals surface area contributed by atoms with Crippen LogP contribution in [0, 0.1) is 6.92 Å². The quantitative estimate of drug-likeness (QED) is 0.714. The summed E-state index contributed by atoms with van der Waals surface area (Å²) in [5.41, 5.74) is 1.67. The van der Waals surface area contributed by atoms with Crippen LogP contribution in [0.15, 0.2) is 47.4 Å². The summed E-state index contributed by atoms with van der Waals surface area (Å²) < 4.78 is 23.6. The number of rotatable bonds is 6. The molecule has 0 aliphatic rings. The maximum absolute atomic E-state index is 12.7. The highest BCUT2D eigenvalue weighted by atomic mass is 35.5. The number of aryl methyl sites for hydroxylation is 1. The molecule has 5 nitrogen and oxygen atoms in total. The van der Waals surface area contributed by atoms with E-state index in [0.29, 0.717) is 23.6 Å². The number of carbonyl (C=O) groups is 1. The molecule has 0 aromatic heterocycles. The van der Waals surface area contributed by atoms with Crippen LogP contribution in [-0.4, -0.2) is 20.7 Å². The molecule has 0 spiro atoms. The van der Waals surface area contributed by atoms with Gasteiger partial charge in [0.05, 0.1) is 10.4 Å². The van der Waals surface area contributed by atoms with Gasteiger partial charge in [-0.05, 0) is 55.2 Å². The van der Waals surface area contributed by atoms with Crippen LogP contribution in [-0.2, 0) is 15.4 Å². The van der Waals surface area contributed by atoms with Crippen molar-refractivity contribution < 1.29 is 13.2 Å². The minimum Gasteiger partial charge on any atom is -0.328 e. The summed E-state index contributed by atoms with van der Waals surface area (Å²) in [7, 11) is -3.35. The molecule has 0 unspecified atom stereocenters. The molecule has 2 rings (SSSR count). The average Bonchev–Trinajstić information content (AvgIpc) is 2.61. The second-order valence-electron chi connectivity index (χ2n) is 6.62. The first-order chi connectivity index (χ1) is 12.6. The van der Waals surface area contributed by atoms with Gasteiger partial charge in [-0.2, -0.15) is 0 Å². The van der Waals surface area contributed by atoms with Crippen LogP contribution in [0.2, 0.25) is 5.02 Å². The van der Waals surface area contributed by atoms with Crippen LogP contribution < -0.4 is 10.6 Å².